The zero-order chi connectivity index (χ0) is 13.8. The molecule has 3 nitrogen and oxygen atoms in total. The van der Waals surface area contributed by atoms with Crippen molar-refractivity contribution in [3.05, 3.63) is 35.4 Å². The number of nitrogens with one attached hydrogen (secondary N) is 1. The van der Waals surface area contributed by atoms with Crippen molar-refractivity contribution in [1.82, 2.24) is 10.2 Å². The van der Waals surface area contributed by atoms with E-state index < -0.39 is 0 Å². The molecule has 0 aliphatic carbocycles. The third kappa shape index (κ3) is 3.05. The Balaban J connectivity index is 1.78. The summed E-state index contributed by atoms with van der Waals surface area (Å²) in [5.41, 5.74) is 2.99. The summed E-state index contributed by atoms with van der Waals surface area (Å²) in [6, 6.07) is 9.48. The van der Waals surface area contributed by atoms with Gasteiger partial charge in [-0.2, -0.15) is 0 Å². The van der Waals surface area contributed by atoms with Gasteiger partial charge in [0.15, 0.2) is 0 Å². The Kier molecular flexibility index (Phi) is 4.71. The predicted octanol–water partition coefficient (Wildman–Crippen LogP) is 2.72. The second kappa shape index (κ2) is 6.70. The van der Waals surface area contributed by atoms with Crippen LogP contribution in [-0.4, -0.2) is 37.2 Å². The second-order valence-corrected chi connectivity index (χ2v) is 5.89. The highest BCUT2D eigenvalue weighted by Gasteiger charge is 2.29. The van der Waals surface area contributed by atoms with Crippen LogP contribution in [0, 0.1) is 0 Å². The van der Waals surface area contributed by atoms with Gasteiger partial charge in [-0.05, 0) is 50.4 Å². The fourth-order valence-electron chi connectivity index (χ4n) is 3.64. The first-order chi connectivity index (χ1) is 9.88. The zero-order valence-corrected chi connectivity index (χ0v) is 12.5. The molecule has 0 radical (unpaired) electrons. The topological polar surface area (TPSA) is 24.5 Å². The van der Waals surface area contributed by atoms with Crippen LogP contribution < -0.4 is 5.32 Å². The Hall–Kier alpha value is -0.900. The van der Waals surface area contributed by atoms with Gasteiger partial charge in [0.25, 0.3) is 0 Å². The summed E-state index contributed by atoms with van der Waals surface area (Å²) in [4.78, 5) is 2.65. The maximum Gasteiger partial charge on any atom is 0.0702 e. The van der Waals surface area contributed by atoms with E-state index in [1.54, 1.807) is 0 Å². The van der Waals surface area contributed by atoms with Crippen LogP contribution in [0.4, 0.5) is 0 Å². The molecule has 1 saturated heterocycles. The van der Waals surface area contributed by atoms with Gasteiger partial charge in [0.05, 0.1) is 6.10 Å². The molecule has 1 aromatic carbocycles. The molecular weight excluding hydrogens is 248 g/mol. The number of fused-ring (bicyclic) bond motifs is 1. The molecule has 3 rings (SSSR count). The standard InChI is InChI=1S/C17H26N2O/c1-2-20-15-7-5-11-19(13-15)17-9-10-18-12-14-6-3-4-8-16(14)17/h3-4,6,8,15,17-18H,2,5,7,9-13H2,1H3. The minimum Gasteiger partial charge on any atom is -0.377 e. The van der Waals surface area contributed by atoms with Gasteiger partial charge in [-0.3, -0.25) is 4.90 Å². The third-order valence-corrected chi connectivity index (χ3v) is 4.58. The summed E-state index contributed by atoms with van der Waals surface area (Å²) in [6.07, 6.45) is 4.11. The molecule has 2 heterocycles. The van der Waals surface area contributed by atoms with E-state index in [0.717, 1.165) is 26.2 Å². The molecule has 1 fully saturated rings. The van der Waals surface area contributed by atoms with E-state index >= 15 is 0 Å². The molecule has 20 heavy (non-hydrogen) atoms. The van der Waals surface area contributed by atoms with Crippen LogP contribution in [0.15, 0.2) is 24.3 Å². The van der Waals surface area contributed by atoms with Gasteiger partial charge in [-0.15, -0.1) is 0 Å². The average Bonchev–Trinajstić information content (AvgIpc) is 2.70. The number of benzene rings is 1. The highest BCUT2D eigenvalue weighted by Crippen LogP contribution is 2.31. The molecule has 0 bridgehead atoms. The Morgan fingerprint density at radius 1 is 1.30 bits per heavy atom. The molecule has 110 valence electrons. The van der Waals surface area contributed by atoms with E-state index in [2.05, 4.69) is 41.4 Å². The second-order valence-electron chi connectivity index (χ2n) is 5.89. The number of hydrogen-bond acceptors (Lipinski definition) is 3. The van der Waals surface area contributed by atoms with Gasteiger partial charge in [-0.25, -0.2) is 0 Å². The minimum atomic E-state index is 0.428. The lowest BCUT2D eigenvalue weighted by molar-refractivity contribution is -0.00862. The third-order valence-electron chi connectivity index (χ3n) is 4.58. The number of hydrogen-bond donors (Lipinski definition) is 1. The number of rotatable bonds is 3. The van der Waals surface area contributed by atoms with Gasteiger partial charge >= 0.3 is 0 Å². The van der Waals surface area contributed by atoms with E-state index in [-0.39, 0.29) is 0 Å². The number of nitrogens with zero attached hydrogens (tertiary/aromatic N) is 1. The van der Waals surface area contributed by atoms with Gasteiger partial charge in [0, 0.05) is 25.7 Å². The van der Waals surface area contributed by atoms with Crippen molar-refractivity contribution in [1.29, 1.82) is 0 Å². The van der Waals surface area contributed by atoms with E-state index in [9.17, 15) is 0 Å². The van der Waals surface area contributed by atoms with Crippen molar-refractivity contribution < 1.29 is 4.74 Å². The molecule has 1 aromatic rings. The summed E-state index contributed by atoms with van der Waals surface area (Å²) in [6.45, 7) is 7.35. The van der Waals surface area contributed by atoms with E-state index in [0.29, 0.717) is 12.1 Å². The summed E-state index contributed by atoms with van der Waals surface area (Å²) < 4.78 is 5.87. The van der Waals surface area contributed by atoms with Gasteiger partial charge < -0.3 is 10.1 Å². The van der Waals surface area contributed by atoms with Crippen molar-refractivity contribution in [2.45, 2.75) is 44.9 Å². The number of piperidine rings is 1. The van der Waals surface area contributed by atoms with E-state index in [4.69, 9.17) is 4.74 Å². The molecular formula is C17H26N2O. The van der Waals surface area contributed by atoms with Crippen LogP contribution in [0.1, 0.15) is 43.4 Å². The molecule has 2 aliphatic rings. The Bertz CT molecular complexity index is 433. The van der Waals surface area contributed by atoms with Crippen molar-refractivity contribution in [2.75, 3.05) is 26.2 Å². The van der Waals surface area contributed by atoms with Crippen LogP contribution in [-0.2, 0) is 11.3 Å². The highest BCUT2D eigenvalue weighted by atomic mass is 16.5. The fraction of sp³-hybridized carbons (Fsp3) is 0.647. The van der Waals surface area contributed by atoms with E-state index in [1.165, 1.54) is 36.9 Å². The summed E-state index contributed by atoms with van der Waals surface area (Å²) >= 11 is 0. The smallest absolute Gasteiger partial charge is 0.0702 e. The first kappa shape index (κ1) is 14.1. The molecule has 0 saturated carbocycles. The number of likely N-dealkylation sites (tertiary alicyclic amines) is 1. The predicted molar refractivity (Wildman–Crippen MR) is 81.7 cm³/mol. The minimum absolute atomic E-state index is 0.428. The molecule has 2 unspecified atom stereocenters. The SMILES string of the molecule is CCOC1CCCN(C2CCNCc3ccccc32)C1. The van der Waals surface area contributed by atoms with Crippen LogP contribution in [0.2, 0.25) is 0 Å². The largest absolute Gasteiger partial charge is 0.377 e. The zero-order valence-electron chi connectivity index (χ0n) is 12.5. The lowest BCUT2D eigenvalue weighted by Crippen LogP contribution is -2.42. The highest BCUT2D eigenvalue weighted by molar-refractivity contribution is 5.31. The lowest BCUT2D eigenvalue weighted by Gasteiger charge is -2.38. The van der Waals surface area contributed by atoms with Crippen LogP contribution in [0.3, 0.4) is 0 Å². The molecule has 2 aliphatic heterocycles. The summed E-state index contributed by atoms with van der Waals surface area (Å²) in [5.74, 6) is 0. The normalized spacial score (nSPS) is 27.9. The molecule has 0 spiro atoms. The Morgan fingerprint density at radius 2 is 2.20 bits per heavy atom. The number of ether oxygens (including phenoxy) is 1. The first-order valence-electron chi connectivity index (χ1n) is 8.02. The molecule has 0 amide bonds. The van der Waals surface area contributed by atoms with Crippen LogP contribution in [0.25, 0.3) is 0 Å². The maximum absolute atomic E-state index is 5.87. The van der Waals surface area contributed by atoms with Gasteiger partial charge in [0.1, 0.15) is 0 Å². The van der Waals surface area contributed by atoms with Crippen molar-refractivity contribution in [3.63, 3.8) is 0 Å². The van der Waals surface area contributed by atoms with Gasteiger partial charge in [0.2, 0.25) is 0 Å². The van der Waals surface area contributed by atoms with Crippen LogP contribution in [0.5, 0.6) is 0 Å². The van der Waals surface area contributed by atoms with Crippen molar-refractivity contribution in [3.8, 4) is 0 Å². The lowest BCUT2D eigenvalue weighted by atomic mass is 9.95. The average molecular weight is 274 g/mol. The first-order valence-corrected chi connectivity index (χ1v) is 8.02. The van der Waals surface area contributed by atoms with Crippen molar-refractivity contribution in [2.24, 2.45) is 0 Å². The maximum atomic E-state index is 5.87. The summed E-state index contributed by atoms with van der Waals surface area (Å²) in [7, 11) is 0. The van der Waals surface area contributed by atoms with Crippen molar-refractivity contribution >= 4 is 0 Å². The Labute approximate surface area is 122 Å². The molecule has 0 aromatic heterocycles. The van der Waals surface area contributed by atoms with Crippen LogP contribution >= 0.6 is 0 Å². The molecule has 1 N–H and O–H groups in total. The van der Waals surface area contributed by atoms with Gasteiger partial charge in [-0.1, -0.05) is 24.3 Å². The molecule has 2 atom stereocenters. The Morgan fingerprint density at radius 3 is 3.10 bits per heavy atom. The monoisotopic (exact) mass is 274 g/mol. The quantitative estimate of drug-likeness (QED) is 0.917. The van der Waals surface area contributed by atoms with E-state index in [1.807, 2.05) is 0 Å². The summed E-state index contributed by atoms with van der Waals surface area (Å²) in [5, 5.41) is 3.55. The molecule has 3 heteroatoms. The fourth-order valence-corrected chi connectivity index (χ4v) is 3.64.